The van der Waals surface area contributed by atoms with E-state index in [0.717, 1.165) is 19.4 Å². The summed E-state index contributed by atoms with van der Waals surface area (Å²) in [5.41, 5.74) is 5.63. The normalized spacial score (nSPS) is 15.3. The molecule has 0 saturated heterocycles. The summed E-state index contributed by atoms with van der Waals surface area (Å²) in [4.78, 5) is 0. The molecule has 2 aromatic carbocycles. The number of aliphatic hydroxyl groups is 1. The fraction of sp³-hybridized carbons (Fsp3) is 0.368. The largest absolute Gasteiger partial charge is 0.396 e. The number of rotatable bonds is 5. The van der Waals surface area contributed by atoms with Crippen LogP contribution in [0.3, 0.4) is 0 Å². The van der Waals surface area contributed by atoms with E-state index >= 15 is 0 Å². The monoisotopic (exact) mass is 281 g/mol. The Morgan fingerprint density at radius 3 is 2.19 bits per heavy atom. The second kappa shape index (κ2) is 6.42. The first-order valence-electron chi connectivity index (χ1n) is 7.79. The van der Waals surface area contributed by atoms with Crippen LogP contribution in [0.4, 0.5) is 0 Å². The van der Waals surface area contributed by atoms with Crippen LogP contribution in [0.5, 0.6) is 0 Å². The molecule has 1 atom stereocenters. The van der Waals surface area contributed by atoms with Gasteiger partial charge in [-0.15, -0.1) is 0 Å². The van der Waals surface area contributed by atoms with Gasteiger partial charge in [-0.2, -0.15) is 0 Å². The Labute approximate surface area is 126 Å². The number of hydrogen-bond donors (Lipinski definition) is 2. The Morgan fingerprint density at radius 1 is 1.05 bits per heavy atom. The first-order valence-corrected chi connectivity index (χ1v) is 7.79. The summed E-state index contributed by atoms with van der Waals surface area (Å²) in [5, 5.41) is 12.8. The van der Waals surface area contributed by atoms with E-state index in [9.17, 15) is 0 Å². The third kappa shape index (κ3) is 3.02. The van der Waals surface area contributed by atoms with Crippen molar-refractivity contribution in [2.24, 2.45) is 5.92 Å². The van der Waals surface area contributed by atoms with E-state index in [4.69, 9.17) is 5.11 Å². The Hall–Kier alpha value is -1.64. The Kier molecular flexibility index (Phi) is 4.37. The molecule has 1 aliphatic carbocycles. The van der Waals surface area contributed by atoms with Crippen molar-refractivity contribution in [1.29, 1.82) is 0 Å². The fourth-order valence-electron chi connectivity index (χ4n) is 3.19. The average Bonchev–Trinajstić information content (AvgIpc) is 2.51. The number of hydrogen-bond acceptors (Lipinski definition) is 2. The van der Waals surface area contributed by atoms with Crippen LogP contribution in [0.15, 0.2) is 48.5 Å². The maximum atomic E-state index is 9.06. The van der Waals surface area contributed by atoms with Gasteiger partial charge in [-0.05, 0) is 47.6 Å². The first kappa shape index (κ1) is 14.3. The molecular formula is C19H23NO. The molecule has 0 fully saturated rings. The maximum Gasteiger partial charge on any atom is 0.0582 e. The van der Waals surface area contributed by atoms with Crippen molar-refractivity contribution in [3.63, 3.8) is 0 Å². The zero-order valence-electron chi connectivity index (χ0n) is 12.5. The molecule has 1 unspecified atom stereocenters. The predicted molar refractivity (Wildman–Crippen MR) is 86.4 cm³/mol. The third-order valence-corrected chi connectivity index (χ3v) is 4.41. The van der Waals surface area contributed by atoms with Crippen molar-refractivity contribution < 1.29 is 5.11 Å². The SMILES string of the molecule is CC(CCO)CNC1c2ccccc2Cc2ccccc21. The zero-order chi connectivity index (χ0) is 14.7. The van der Waals surface area contributed by atoms with Crippen molar-refractivity contribution in [2.75, 3.05) is 13.2 Å². The molecule has 0 aromatic heterocycles. The van der Waals surface area contributed by atoms with E-state index in [-0.39, 0.29) is 12.6 Å². The third-order valence-electron chi connectivity index (χ3n) is 4.41. The minimum Gasteiger partial charge on any atom is -0.396 e. The van der Waals surface area contributed by atoms with Gasteiger partial charge in [0.1, 0.15) is 0 Å². The summed E-state index contributed by atoms with van der Waals surface area (Å²) in [6, 6.07) is 17.7. The van der Waals surface area contributed by atoms with Crippen LogP contribution < -0.4 is 5.32 Å². The van der Waals surface area contributed by atoms with Crippen molar-refractivity contribution in [1.82, 2.24) is 5.32 Å². The second-order valence-corrected chi connectivity index (χ2v) is 6.03. The lowest BCUT2D eigenvalue weighted by Gasteiger charge is -2.30. The molecule has 0 spiro atoms. The highest BCUT2D eigenvalue weighted by Gasteiger charge is 2.24. The van der Waals surface area contributed by atoms with Gasteiger partial charge in [0.25, 0.3) is 0 Å². The maximum absolute atomic E-state index is 9.06. The summed E-state index contributed by atoms with van der Waals surface area (Å²) in [6.45, 7) is 3.37. The van der Waals surface area contributed by atoms with Gasteiger partial charge < -0.3 is 10.4 Å². The molecule has 110 valence electrons. The van der Waals surface area contributed by atoms with Crippen molar-refractivity contribution in [3.05, 3.63) is 70.8 Å². The van der Waals surface area contributed by atoms with Gasteiger partial charge in [-0.3, -0.25) is 0 Å². The van der Waals surface area contributed by atoms with Crippen LogP contribution in [0.1, 0.15) is 41.6 Å². The smallest absolute Gasteiger partial charge is 0.0582 e. The van der Waals surface area contributed by atoms with Crippen molar-refractivity contribution >= 4 is 0 Å². The lowest BCUT2D eigenvalue weighted by Crippen LogP contribution is -2.31. The molecule has 2 heteroatoms. The minimum absolute atomic E-state index is 0.265. The van der Waals surface area contributed by atoms with E-state index in [0.29, 0.717) is 5.92 Å². The number of nitrogens with one attached hydrogen (secondary N) is 1. The topological polar surface area (TPSA) is 32.3 Å². The van der Waals surface area contributed by atoms with Gasteiger partial charge >= 0.3 is 0 Å². The number of benzene rings is 2. The van der Waals surface area contributed by atoms with Crippen LogP contribution >= 0.6 is 0 Å². The van der Waals surface area contributed by atoms with E-state index < -0.39 is 0 Å². The Bertz CT molecular complexity index is 563. The summed E-state index contributed by atoms with van der Waals surface area (Å²) in [7, 11) is 0. The van der Waals surface area contributed by atoms with Gasteiger partial charge in [0, 0.05) is 6.61 Å². The average molecular weight is 281 g/mol. The van der Waals surface area contributed by atoms with Gasteiger partial charge in [0.15, 0.2) is 0 Å². The molecule has 2 aromatic rings. The molecule has 1 aliphatic rings. The lowest BCUT2D eigenvalue weighted by atomic mass is 9.82. The Balaban J connectivity index is 1.88. The van der Waals surface area contributed by atoms with Gasteiger partial charge in [-0.25, -0.2) is 0 Å². The van der Waals surface area contributed by atoms with Gasteiger partial charge in [0.05, 0.1) is 6.04 Å². The van der Waals surface area contributed by atoms with E-state index in [1.807, 2.05) is 0 Å². The summed E-state index contributed by atoms with van der Waals surface area (Å²) >= 11 is 0. The predicted octanol–water partition coefficient (Wildman–Crippen LogP) is 3.29. The van der Waals surface area contributed by atoms with Crippen LogP contribution in [-0.4, -0.2) is 18.3 Å². The highest BCUT2D eigenvalue weighted by Crippen LogP contribution is 2.34. The molecule has 0 radical (unpaired) electrons. The van der Waals surface area contributed by atoms with Gasteiger partial charge in [0.2, 0.25) is 0 Å². The highest BCUT2D eigenvalue weighted by molar-refractivity contribution is 5.48. The van der Waals surface area contributed by atoms with Crippen LogP contribution in [0.2, 0.25) is 0 Å². The second-order valence-electron chi connectivity index (χ2n) is 6.03. The molecule has 0 amide bonds. The van der Waals surface area contributed by atoms with E-state index in [2.05, 4.69) is 60.8 Å². The van der Waals surface area contributed by atoms with Crippen LogP contribution in [0, 0.1) is 5.92 Å². The molecular weight excluding hydrogens is 258 g/mol. The standard InChI is InChI=1S/C19H23NO/c1-14(10-11-21)13-20-19-17-8-4-2-6-15(17)12-16-7-3-5-9-18(16)19/h2-9,14,19-21H,10-13H2,1H3. The van der Waals surface area contributed by atoms with Crippen molar-refractivity contribution in [3.8, 4) is 0 Å². The molecule has 21 heavy (non-hydrogen) atoms. The fourth-order valence-corrected chi connectivity index (χ4v) is 3.19. The zero-order valence-corrected chi connectivity index (χ0v) is 12.5. The van der Waals surface area contributed by atoms with Gasteiger partial charge in [-0.1, -0.05) is 55.5 Å². The minimum atomic E-state index is 0.265. The quantitative estimate of drug-likeness (QED) is 0.881. The molecule has 2 nitrogen and oxygen atoms in total. The Morgan fingerprint density at radius 2 is 1.62 bits per heavy atom. The molecule has 3 rings (SSSR count). The van der Waals surface area contributed by atoms with E-state index in [1.165, 1.54) is 22.3 Å². The summed E-state index contributed by atoms with van der Waals surface area (Å²) in [6.07, 6.45) is 1.87. The van der Waals surface area contributed by atoms with Crippen LogP contribution in [-0.2, 0) is 6.42 Å². The van der Waals surface area contributed by atoms with Crippen molar-refractivity contribution in [2.45, 2.75) is 25.8 Å². The number of aliphatic hydroxyl groups excluding tert-OH is 1. The first-order chi connectivity index (χ1) is 10.3. The lowest BCUT2D eigenvalue weighted by molar-refractivity contribution is 0.258. The number of fused-ring (bicyclic) bond motifs is 2. The molecule has 0 bridgehead atoms. The molecule has 0 saturated carbocycles. The highest BCUT2D eigenvalue weighted by atomic mass is 16.3. The summed E-state index contributed by atoms with van der Waals surface area (Å²) in [5.74, 6) is 0.483. The summed E-state index contributed by atoms with van der Waals surface area (Å²) < 4.78 is 0. The molecule has 2 N–H and O–H groups in total. The van der Waals surface area contributed by atoms with E-state index in [1.54, 1.807) is 0 Å². The molecule has 0 aliphatic heterocycles. The molecule has 0 heterocycles. The van der Waals surface area contributed by atoms with Crippen LogP contribution in [0.25, 0.3) is 0 Å².